The van der Waals surface area contributed by atoms with Gasteiger partial charge in [-0.2, -0.15) is 5.10 Å². The molecule has 0 saturated carbocycles. The molecule has 3 N–H and O–H groups in total. The van der Waals surface area contributed by atoms with Crippen molar-refractivity contribution in [3.05, 3.63) is 11.3 Å². The maximum atomic E-state index is 11.7. The lowest BCUT2D eigenvalue weighted by Crippen LogP contribution is -2.37. The fourth-order valence-electron chi connectivity index (χ4n) is 1.62. The van der Waals surface area contributed by atoms with Gasteiger partial charge in [0.05, 0.1) is 0 Å². The highest BCUT2D eigenvalue weighted by Gasteiger charge is 2.27. The largest absolute Gasteiger partial charge is 0.344 e. The quantitative estimate of drug-likeness (QED) is 0.670. The molecule has 1 aliphatic heterocycles. The van der Waals surface area contributed by atoms with E-state index in [-0.39, 0.29) is 11.8 Å². The molecule has 1 aliphatic rings. The monoisotopic (exact) mass is 222 g/mol. The summed E-state index contributed by atoms with van der Waals surface area (Å²) < 4.78 is 0. The van der Waals surface area contributed by atoms with Crippen molar-refractivity contribution in [2.75, 3.05) is 5.32 Å². The zero-order valence-corrected chi connectivity index (χ0v) is 9.26. The normalized spacial score (nSPS) is 19.6. The van der Waals surface area contributed by atoms with Crippen LogP contribution in [0, 0.1) is 13.8 Å². The maximum Gasteiger partial charge on any atom is 0.248 e. The Bertz CT molecular complexity index is 438. The highest BCUT2D eigenvalue weighted by atomic mass is 16.2. The van der Waals surface area contributed by atoms with Crippen LogP contribution in [-0.2, 0) is 9.59 Å². The first-order chi connectivity index (χ1) is 7.58. The minimum absolute atomic E-state index is 0.0740. The van der Waals surface area contributed by atoms with E-state index in [0.717, 1.165) is 11.3 Å². The summed E-state index contributed by atoms with van der Waals surface area (Å²) in [5, 5.41) is 12.1. The average molecular weight is 222 g/mol. The third kappa shape index (κ3) is 1.91. The molecule has 0 aliphatic carbocycles. The average Bonchev–Trinajstić information content (AvgIpc) is 2.79. The van der Waals surface area contributed by atoms with Crippen molar-refractivity contribution in [3.8, 4) is 0 Å². The summed E-state index contributed by atoms with van der Waals surface area (Å²) in [6.07, 6.45) is 0.962. The molecule has 0 aromatic carbocycles. The van der Waals surface area contributed by atoms with E-state index >= 15 is 0 Å². The predicted molar refractivity (Wildman–Crippen MR) is 57.9 cm³/mol. The number of aromatic nitrogens is 2. The predicted octanol–water partition coefficient (Wildman–Crippen LogP) is 0.244. The van der Waals surface area contributed by atoms with Crippen molar-refractivity contribution >= 4 is 17.6 Å². The van der Waals surface area contributed by atoms with E-state index in [1.807, 2.05) is 13.8 Å². The maximum absolute atomic E-state index is 11.7. The minimum Gasteiger partial charge on any atom is -0.344 e. The van der Waals surface area contributed by atoms with Gasteiger partial charge < -0.3 is 10.6 Å². The lowest BCUT2D eigenvalue weighted by atomic mass is 10.2. The molecule has 16 heavy (non-hydrogen) atoms. The summed E-state index contributed by atoms with van der Waals surface area (Å²) in [4.78, 5) is 22.7. The summed E-state index contributed by atoms with van der Waals surface area (Å²) in [5.74, 6) is 0.249. The standard InChI is InChI=1S/C10H14N4O2/c1-5-6(2)13-14-9(5)12-10(16)7-3-4-8(15)11-7/h7H,3-4H2,1-2H3,(H,11,15)(H2,12,13,14,16). The summed E-state index contributed by atoms with van der Waals surface area (Å²) in [6, 6.07) is -0.427. The number of aromatic amines is 1. The van der Waals surface area contributed by atoms with E-state index in [1.54, 1.807) is 0 Å². The van der Waals surface area contributed by atoms with Crippen LogP contribution in [0.1, 0.15) is 24.1 Å². The number of aryl methyl sites for hydroxylation is 1. The molecule has 1 fully saturated rings. The molecule has 6 nitrogen and oxygen atoms in total. The summed E-state index contributed by atoms with van der Waals surface area (Å²) in [5.41, 5.74) is 1.84. The van der Waals surface area contributed by atoms with Crippen LogP contribution in [0.4, 0.5) is 5.82 Å². The Labute approximate surface area is 92.8 Å². The van der Waals surface area contributed by atoms with Crippen LogP contribution in [0.3, 0.4) is 0 Å². The number of rotatable bonds is 2. The Morgan fingerprint density at radius 2 is 2.25 bits per heavy atom. The number of carbonyl (C=O) groups is 2. The molecule has 1 atom stereocenters. The number of nitrogens with one attached hydrogen (secondary N) is 3. The van der Waals surface area contributed by atoms with Crippen LogP contribution in [-0.4, -0.2) is 28.1 Å². The molecular formula is C10H14N4O2. The summed E-state index contributed by atoms with van der Waals surface area (Å²) >= 11 is 0. The minimum atomic E-state index is -0.427. The van der Waals surface area contributed by atoms with Crippen molar-refractivity contribution in [1.29, 1.82) is 0 Å². The zero-order chi connectivity index (χ0) is 11.7. The van der Waals surface area contributed by atoms with Gasteiger partial charge in [-0.3, -0.25) is 14.7 Å². The van der Waals surface area contributed by atoms with E-state index in [2.05, 4.69) is 20.8 Å². The highest BCUT2D eigenvalue weighted by Crippen LogP contribution is 2.15. The van der Waals surface area contributed by atoms with E-state index < -0.39 is 6.04 Å². The first-order valence-electron chi connectivity index (χ1n) is 5.19. The first kappa shape index (κ1) is 10.7. The fraction of sp³-hybridized carbons (Fsp3) is 0.500. The Morgan fingerprint density at radius 1 is 1.50 bits per heavy atom. The summed E-state index contributed by atoms with van der Waals surface area (Å²) in [7, 11) is 0. The third-order valence-electron chi connectivity index (χ3n) is 2.81. The Hall–Kier alpha value is -1.85. The van der Waals surface area contributed by atoms with Crippen molar-refractivity contribution < 1.29 is 9.59 Å². The van der Waals surface area contributed by atoms with Gasteiger partial charge in [-0.15, -0.1) is 0 Å². The topological polar surface area (TPSA) is 86.9 Å². The molecule has 1 aromatic heterocycles. The second kappa shape index (κ2) is 3.96. The number of anilines is 1. The SMILES string of the molecule is Cc1[nH]nc(NC(=O)C2CCC(=O)N2)c1C. The molecule has 0 bridgehead atoms. The van der Waals surface area contributed by atoms with Crippen molar-refractivity contribution in [3.63, 3.8) is 0 Å². The Morgan fingerprint density at radius 3 is 2.75 bits per heavy atom. The van der Waals surface area contributed by atoms with Crippen LogP contribution in [0.15, 0.2) is 0 Å². The van der Waals surface area contributed by atoms with Gasteiger partial charge in [0.15, 0.2) is 5.82 Å². The molecule has 86 valence electrons. The van der Waals surface area contributed by atoms with Gasteiger partial charge >= 0.3 is 0 Å². The summed E-state index contributed by atoms with van der Waals surface area (Å²) in [6.45, 7) is 3.76. The van der Waals surface area contributed by atoms with Gasteiger partial charge in [0.25, 0.3) is 0 Å². The number of nitrogens with zero attached hydrogens (tertiary/aromatic N) is 1. The van der Waals surface area contributed by atoms with Crippen LogP contribution in [0.5, 0.6) is 0 Å². The number of hydrogen-bond acceptors (Lipinski definition) is 3. The van der Waals surface area contributed by atoms with Gasteiger partial charge in [0, 0.05) is 17.7 Å². The number of hydrogen-bond donors (Lipinski definition) is 3. The molecule has 1 saturated heterocycles. The number of amides is 2. The smallest absolute Gasteiger partial charge is 0.248 e. The fourth-order valence-corrected chi connectivity index (χ4v) is 1.62. The van der Waals surface area contributed by atoms with E-state index in [1.165, 1.54) is 0 Å². The molecular weight excluding hydrogens is 208 g/mol. The number of carbonyl (C=O) groups excluding carboxylic acids is 2. The van der Waals surface area contributed by atoms with Gasteiger partial charge in [-0.05, 0) is 20.3 Å². The lowest BCUT2D eigenvalue weighted by molar-refractivity contribution is -0.122. The van der Waals surface area contributed by atoms with Crippen molar-refractivity contribution in [2.24, 2.45) is 0 Å². The van der Waals surface area contributed by atoms with Crippen LogP contribution in [0.2, 0.25) is 0 Å². The van der Waals surface area contributed by atoms with Crippen LogP contribution in [0.25, 0.3) is 0 Å². The molecule has 2 rings (SSSR count). The van der Waals surface area contributed by atoms with Gasteiger partial charge in [-0.25, -0.2) is 0 Å². The van der Waals surface area contributed by atoms with E-state index in [4.69, 9.17) is 0 Å². The second-order valence-corrected chi connectivity index (χ2v) is 3.97. The van der Waals surface area contributed by atoms with Crippen molar-refractivity contribution in [2.45, 2.75) is 32.7 Å². The molecule has 0 radical (unpaired) electrons. The zero-order valence-electron chi connectivity index (χ0n) is 9.26. The van der Waals surface area contributed by atoms with E-state index in [9.17, 15) is 9.59 Å². The Balaban J connectivity index is 2.02. The highest BCUT2D eigenvalue weighted by molar-refractivity contribution is 5.98. The molecule has 2 amide bonds. The third-order valence-corrected chi connectivity index (χ3v) is 2.81. The van der Waals surface area contributed by atoms with Gasteiger partial charge in [0.2, 0.25) is 11.8 Å². The lowest BCUT2D eigenvalue weighted by Gasteiger charge is -2.09. The van der Waals surface area contributed by atoms with Crippen molar-refractivity contribution in [1.82, 2.24) is 15.5 Å². The van der Waals surface area contributed by atoms with Crippen LogP contribution < -0.4 is 10.6 Å². The Kier molecular flexibility index (Phi) is 2.64. The first-order valence-corrected chi connectivity index (χ1v) is 5.19. The molecule has 1 unspecified atom stereocenters. The van der Waals surface area contributed by atoms with E-state index in [0.29, 0.717) is 18.7 Å². The number of H-pyrrole nitrogens is 1. The molecule has 1 aromatic rings. The van der Waals surface area contributed by atoms with Crippen LogP contribution >= 0.6 is 0 Å². The molecule has 6 heteroatoms. The molecule has 0 spiro atoms. The molecule has 2 heterocycles. The van der Waals surface area contributed by atoms with Gasteiger partial charge in [0.1, 0.15) is 6.04 Å². The second-order valence-electron chi connectivity index (χ2n) is 3.97. The van der Waals surface area contributed by atoms with Gasteiger partial charge in [-0.1, -0.05) is 0 Å².